The molecule has 0 aliphatic rings. The minimum absolute atomic E-state index is 0.0167. The van der Waals surface area contributed by atoms with Gasteiger partial charge in [0.15, 0.2) is 0 Å². The van der Waals surface area contributed by atoms with Crippen molar-refractivity contribution in [2.45, 2.75) is 6.92 Å². The molecule has 5 aromatic rings. The number of aromatic nitrogens is 2. The van der Waals surface area contributed by atoms with Crippen molar-refractivity contribution in [3.63, 3.8) is 0 Å². The monoisotopic (exact) mass is 310 g/mol. The third kappa shape index (κ3) is 1.67. The van der Waals surface area contributed by atoms with E-state index in [4.69, 9.17) is 4.98 Å². The molecule has 3 nitrogen and oxygen atoms in total. The zero-order valence-electron chi connectivity index (χ0n) is 13.2. The molecular formula is C21H14N2O. The first-order chi connectivity index (χ1) is 11.7. The van der Waals surface area contributed by atoms with Gasteiger partial charge in [-0.15, -0.1) is 0 Å². The van der Waals surface area contributed by atoms with Crippen molar-refractivity contribution < 1.29 is 0 Å². The molecule has 0 unspecified atom stereocenters. The van der Waals surface area contributed by atoms with Gasteiger partial charge in [-0.2, -0.15) is 0 Å². The summed E-state index contributed by atoms with van der Waals surface area (Å²) in [7, 11) is 0. The molecular weight excluding hydrogens is 296 g/mol. The molecule has 0 N–H and O–H groups in total. The molecule has 0 amide bonds. The second kappa shape index (κ2) is 4.65. The number of benzene rings is 3. The molecule has 0 saturated heterocycles. The van der Waals surface area contributed by atoms with Crippen LogP contribution in [0.15, 0.2) is 71.5 Å². The Morgan fingerprint density at radius 1 is 0.792 bits per heavy atom. The molecule has 0 spiro atoms. The molecule has 0 radical (unpaired) electrons. The topological polar surface area (TPSA) is 34.4 Å². The van der Waals surface area contributed by atoms with Gasteiger partial charge in [-0.3, -0.25) is 9.20 Å². The smallest absolute Gasteiger partial charge is 0.266 e. The number of nitrogens with zero attached hydrogens (tertiary/aromatic N) is 2. The Balaban J connectivity index is 2.21. The van der Waals surface area contributed by atoms with Gasteiger partial charge in [0.2, 0.25) is 0 Å². The lowest BCUT2D eigenvalue weighted by atomic mass is 10.1. The summed E-state index contributed by atoms with van der Waals surface area (Å²) in [5.41, 5.74) is 3.44. The Morgan fingerprint density at radius 3 is 2.33 bits per heavy atom. The van der Waals surface area contributed by atoms with Gasteiger partial charge in [0.25, 0.3) is 5.56 Å². The minimum atomic E-state index is -0.0167. The second-order valence-electron chi connectivity index (χ2n) is 6.16. The molecule has 5 rings (SSSR count). The first-order valence-corrected chi connectivity index (χ1v) is 7.96. The minimum Gasteiger partial charge on any atom is -0.268 e. The predicted octanol–water partition coefficient (Wildman–Crippen LogP) is 4.46. The molecule has 24 heavy (non-hydrogen) atoms. The highest BCUT2D eigenvalue weighted by molar-refractivity contribution is 6.12. The van der Waals surface area contributed by atoms with E-state index < -0.39 is 0 Å². The van der Waals surface area contributed by atoms with Gasteiger partial charge in [-0.05, 0) is 36.1 Å². The maximum Gasteiger partial charge on any atom is 0.266 e. The van der Waals surface area contributed by atoms with Gasteiger partial charge in [-0.1, -0.05) is 48.5 Å². The van der Waals surface area contributed by atoms with Crippen LogP contribution in [0.3, 0.4) is 0 Å². The van der Waals surface area contributed by atoms with Crippen LogP contribution in [-0.2, 0) is 0 Å². The van der Waals surface area contributed by atoms with Gasteiger partial charge in [0, 0.05) is 10.8 Å². The fraction of sp³-hybridized carbons (Fsp3) is 0.0476. The highest BCUT2D eigenvalue weighted by atomic mass is 16.1. The molecule has 0 atom stereocenters. The van der Waals surface area contributed by atoms with E-state index >= 15 is 0 Å². The van der Waals surface area contributed by atoms with Gasteiger partial charge in [0.1, 0.15) is 5.65 Å². The number of rotatable bonds is 0. The summed E-state index contributed by atoms with van der Waals surface area (Å²) < 4.78 is 1.75. The summed E-state index contributed by atoms with van der Waals surface area (Å²) in [4.78, 5) is 18.0. The second-order valence-corrected chi connectivity index (χ2v) is 6.16. The van der Waals surface area contributed by atoms with Crippen molar-refractivity contribution in [2.24, 2.45) is 0 Å². The lowest BCUT2D eigenvalue weighted by molar-refractivity contribution is 1.14. The molecule has 0 fully saturated rings. The number of para-hydroxylation sites is 1. The standard InChI is InChI=1S/C21H14N2O/c1-13-10-11-17-18(12-13)22-20-16-8-3-2-6-14(16)15-7-4-5-9-19(15)23(20)21(17)24/h2-12H,1H3. The Kier molecular flexibility index (Phi) is 2.57. The molecule has 0 saturated carbocycles. The first kappa shape index (κ1) is 13.3. The maximum absolute atomic E-state index is 13.2. The van der Waals surface area contributed by atoms with E-state index in [2.05, 4.69) is 12.1 Å². The number of hydrogen-bond donors (Lipinski definition) is 0. The van der Waals surface area contributed by atoms with E-state index in [9.17, 15) is 4.79 Å². The van der Waals surface area contributed by atoms with Crippen LogP contribution in [0, 0.1) is 6.92 Å². The van der Waals surface area contributed by atoms with Crippen LogP contribution in [0.4, 0.5) is 0 Å². The number of pyridine rings is 1. The molecule has 0 bridgehead atoms. The van der Waals surface area contributed by atoms with Crippen LogP contribution in [0.5, 0.6) is 0 Å². The van der Waals surface area contributed by atoms with Crippen molar-refractivity contribution in [2.75, 3.05) is 0 Å². The zero-order chi connectivity index (χ0) is 16.3. The van der Waals surface area contributed by atoms with Gasteiger partial charge in [0.05, 0.1) is 16.4 Å². The van der Waals surface area contributed by atoms with Crippen molar-refractivity contribution in [1.82, 2.24) is 9.38 Å². The Labute approximate surface area is 137 Å². The zero-order valence-corrected chi connectivity index (χ0v) is 13.2. The lowest BCUT2D eigenvalue weighted by Gasteiger charge is -2.12. The average Bonchev–Trinajstić information content (AvgIpc) is 2.61. The Bertz CT molecular complexity index is 1330. The normalized spacial score (nSPS) is 11.7. The number of hydrogen-bond acceptors (Lipinski definition) is 2. The number of fused-ring (bicyclic) bond motifs is 7. The largest absolute Gasteiger partial charge is 0.268 e. The summed E-state index contributed by atoms with van der Waals surface area (Å²) in [6, 6.07) is 21.9. The van der Waals surface area contributed by atoms with Crippen LogP contribution in [0.1, 0.15) is 5.56 Å². The highest BCUT2D eigenvalue weighted by Gasteiger charge is 2.13. The molecule has 114 valence electrons. The van der Waals surface area contributed by atoms with E-state index in [-0.39, 0.29) is 5.56 Å². The molecule has 0 aliphatic carbocycles. The van der Waals surface area contributed by atoms with E-state index in [1.165, 1.54) is 0 Å². The first-order valence-electron chi connectivity index (χ1n) is 7.96. The Morgan fingerprint density at radius 2 is 1.50 bits per heavy atom. The molecule has 3 aromatic carbocycles. The van der Waals surface area contributed by atoms with E-state index in [0.29, 0.717) is 11.0 Å². The van der Waals surface area contributed by atoms with Gasteiger partial charge in [-0.25, -0.2) is 4.98 Å². The third-order valence-electron chi connectivity index (χ3n) is 4.63. The van der Waals surface area contributed by atoms with Crippen LogP contribution < -0.4 is 5.56 Å². The quantitative estimate of drug-likeness (QED) is 0.312. The fourth-order valence-corrected chi connectivity index (χ4v) is 3.51. The summed E-state index contributed by atoms with van der Waals surface area (Å²) >= 11 is 0. The average molecular weight is 310 g/mol. The lowest BCUT2D eigenvalue weighted by Crippen LogP contribution is -2.16. The van der Waals surface area contributed by atoms with Gasteiger partial charge < -0.3 is 0 Å². The van der Waals surface area contributed by atoms with Crippen molar-refractivity contribution in [1.29, 1.82) is 0 Å². The van der Waals surface area contributed by atoms with Crippen LogP contribution in [0.2, 0.25) is 0 Å². The Hall–Kier alpha value is -3.20. The highest BCUT2D eigenvalue weighted by Crippen LogP contribution is 2.28. The van der Waals surface area contributed by atoms with Crippen molar-refractivity contribution in [3.05, 3.63) is 82.6 Å². The van der Waals surface area contributed by atoms with Gasteiger partial charge >= 0.3 is 0 Å². The summed E-state index contributed by atoms with van der Waals surface area (Å²) in [6.45, 7) is 2.02. The fourth-order valence-electron chi connectivity index (χ4n) is 3.51. The number of aryl methyl sites for hydroxylation is 1. The molecule has 0 aliphatic heterocycles. The predicted molar refractivity (Wildman–Crippen MR) is 98.7 cm³/mol. The van der Waals surface area contributed by atoms with Crippen LogP contribution >= 0.6 is 0 Å². The van der Waals surface area contributed by atoms with Crippen molar-refractivity contribution >= 4 is 38.2 Å². The SMILES string of the molecule is Cc1ccc2c(=O)n3c4ccccc4c4ccccc4c3nc2c1. The van der Waals surface area contributed by atoms with E-state index in [1.807, 2.05) is 61.5 Å². The summed E-state index contributed by atoms with van der Waals surface area (Å²) in [5, 5.41) is 3.83. The summed E-state index contributed by atoms with van der Waals surface area (Å²) in [6.07, 6.45) is 0. The maximum atomic E-state index is 13.2. The molecule has 2 heterocycles. The summed E-state index contributed by atoms with van der Waals surface area (Å²) in [5.74, 6) is 0. The molecule has 2 aromatic heterocycles. The third-order valence-corrected chi connectivity index (χ3v) is 4.63. The van der Waals surface area contributed by atoms with Crippen LogP contribution in [-0.4, -0.2) is 9.38 Å². The van der Waals surface area contributed by atoms with Crippen LogP contribution in [0.25, 0.3) is 38.2 Å². The van der Waals surface area contributed by atoms with E-state index in [0.717, 1.165) is 32.8 Å². The van der Waals surface area contributed by atoms with E-state index in [1.54, 1.807) is 4.40 Å². The molecule has 3 heteroatoms. The van der Waals surface area contributed by atoms with Crippen molar-refractivity contribution in [3.8, 4) is 0 Å².